The van der Waals surface area contributed by atoms with Crippen LogP contribution in [-0.4, -0.2) is 6.04 Å². The molecule has 0 amide bonds. The predicted octanol–water partition coefficient (Wildman–Crippen LogP) is 6.00. The van der Waals surface area contributed by atoms with Gasteiger partial charge in [-0.3, -0.25) is 0 Å². The summed E-state index contributed by atoms with van der Waals surface area (Å²) in [4.78, 5) is 0. The van der Waals surface area contributed by atoms with Crippen LogP contribution in [0.5, 0.6) is 11.5 Å². The highest BCUT2D eigenvalue weighted by Crippen LogP contribution is 2.36. The number of ether oxygens (including phenoxy) is 1. The van der Waals surface area contributed by atoms with Crippen molar-refractivity contribution in [3.63, 3.8) is 0 Å². The summed E-state index contributed by atoms with van der Waals surface area (Å²) in [5.41, 5.74) is 0.495. The van der Waals surface area contributed by atoms with Crippen molar-refractivity contribution >= 4 is 11.6 Å². The molecule has 0 saturated carbocycles. The van der Waals surface area contributed by atoms with Gasteiger partial charge in [-0.2, -0.15) is 5.26 Å². The second-order valence-corrected chi connectivity index (χ2v) is 6.20. The molecule has 2 aromatic carbocycles. The lowest BCUT2D eigenvalue weighted by molar-refractivity contribution is 0.394. The van der Waals surface area contributed by atoms with E-state index in [9.17, 15) is 0 Å². The van der Waals surface area contributed by atoms with E-state index in [0.29, 0.717) is 24.2 Å². The van der Waals surface area contributed by atoms with Crippen molar-refractivity contribution in [3.05, 3.63) is 58.9 Å². The Morgan fingerprint density at radius 3 is 2.48 bits per heavy atom. The molecular weight excluding hydrogens is 339 g/mol. The number of hydrogen-bond acceptors (Lipinski definition) is 3. The van der Waals surface area contributed by atoms with Gasteiger partial charge in [0.05, 0.1) is 17.5 Å². The number of halogens is 2. The lowest BCUT2D eigenvalue weighted by Crippen LogP contribution is -2.32. The molecule has 0 fully saturated rings. The maximum atomic E-state index is 15.1. The van der Waals surface area contributed by atoms with E-state index in [1.807, 2.05) is 32.0 Å². The summed E-state index contributed by atoms with van der Waals surface area (Å²) < 4.78 is 20.7. The van der Waals surface area contributed by atoms with Gasteiger partial charge in [-0.05, 0) is 31.0 Å². The largest absolute Gasteiger partial charge is 0.453 e. The highest BCUT2D eigenvalue weighted by molar-refractivity contribution is 6.32. The third-order valence-electron chi connectivity index (χ3n) is 4.09. The first kappa shape index (κ1) is 19.2. The van der Waals surface area contributed by atoms with Crippen molar-refractivity contribution in [3.8, 4) is 17.6 Å². The second-order valence-electron chi connectivity index (χ2n) is 5.79. The minimum Gasteiger partial charge on any atom is -0.453 e. The topological polar surface area (TPSA) is 45.0 Å². The van der Waals surface area contributed by atoms with Gasteiger partial charge < -0.3 is 10.1 Å². The van der Waals surface area contributed by atoms with Crippen LogP contribution in [0.4, 0.5) is 4.39 Å². The predicted molar refractivity (Wildman–Crippen MR) is 98.4 cm³/mol. The molecule has 0 heterocycles. The standard InChI is InChI=1S/C20H22ClFN2O/c1-3-14(12-13-23)24-18(4-2)16-10-11-17(21)20(19(16)22)25-15-8-6-5-7-9-15/h5-11,14,18,24H,3-4,12H2,1-2H3. The molecule has 2 rings (SSSR count). The van der Waals surface area contributed by atoms with Crippen molar-refractivity contribution in [1.82, 2.24) is 5.32 Å². The first-order valence-corrected chi connectivity index (χ1v) is 8.82. The summed E-state index contributed by atoms with van der Waals surface area (Å²) in [7, 11) is 0. The molecule has 1 N–H and O–H groups in total. The summed E-state index contributed by atoms with van der Waals surface area (Å²) in [5, 5.41) is 12.5. The van der Waals surface area contributed by atoms with Crippen LogP contribution in [0.25, 0.3) is 0 Å². The van der Waals surface area contributed by atoms with Gasteiger partial charge in [-0.15, -0.1) is 0 Å². The van der Waals surface area contributed by atoms with Crippen LogP contribution < -0.4 is 10.1 Å². The summed E-state index contributed by atoms with van der Waals surface area (Å²) in [6, 6.07) is 14.3. The van der Waals surface area contributed by atoms with Crippen molar-refractivity contribution in [2.45, 2.75) is 45.2 Å². The van der Waals surface area contributed by atoms with Gasteiger partial charge >= 0.3 is 0 Å². The fourth-order valence-corrected chi connectivity index (χ4v) is 2.84. The fraction of sp³-hybridized carbons (Fsp3) is 0.350. The minimum absolute atomic E-state index is 0.0171. The summed E-state index contributed by atoms with van der Waals surface area (Å²) in [6.45, 7) is 3.98. The zero-order valence-electron chi connectivity index (χ0n) is 14.4. The molecule has 0 saturated heterocycles. The third-order valence-corrected chi connectivity index (χ3v) is 4.39. The van der Waals surface area contributed by atoms with E-state index in [-0.39, 0.29) is 22.9 Å². The maximum Gasteiger partial charge on any atom is 0.181 e. The first-order chi connectivity index (χ1) is 12.1. The number of nitriles is 1. The number of nitrogens with zero attached hydrogens (tertiary/aromatic N) is 1. The highest BCUT2D eigenvalue weighted by Gasteiger charge is 2.22. The van der Waals surface area contributed by atoms with Crippen molar-refractivity contribution in [2.24, 2.45) is 0 Å². The van der Waals surface area contributed by atoms with E-state index >= 15 is 4.39 Å². The SMILES string of the molecule is CCC(CC#N)NC(CC)c1ccc(Cl)c(Oc2ccccc2)c1F. The smallest absolute Gasteiger partial charge is 0.181 e. The Bertz CT molecular complexity index is 730. The van der Waals surface area contributed by atoms with Crippen LogP contribution in [0.2, 0.25) is 5.02 Å². The van der Waals surface area contributed by atoms with Gasteiger partial charge in [0.2, 0.25) is 0 Å². The van der Waals surface area contributed by atoms with E-state index in [1.165, 1.54) is 0 Å². The van der Waals surface area contributed by atoms with Gasteiger partial charge in [0.25, 0.3) is 0 Å². The Kier molecular flexibility index (Phi) is 7.24. The lowest BCUT2D eigenvalue weighted by atomic mass is 10.0. The quantitative estimate of drug-likeness (QED) is 0.627. The molecule has 132 valence electrons. The lowest BCUT2D eigenvalue weighted by Gasteiger charge is -2.24. The van der Waals surface area contributed by atoms with Gasteiger partial charge in [-0.25, -0.2) is 4.39 Å². The van der Waals surface area contributed by atoms with Gasteiger partial charge in [0, 0.05) is 17.6 Å². The Labute approximate surface area is 153 Å². The molecule has 2 atom stereocenters. The van der Waals surface area contributed by atoms with Crippen LogP contribution >= 0.6 is 11.6 Å². The number of para-hydroxylation sites is 1. The molecule has 0 aliphatic heterocycles. The molecule has 0 radical (unpaired) electrons. The van der Waals surface area contributed by atoms with E-state index in [2.05, 4.69) is 11.4 Å². The minimum atomic E-state index is -0.470. The molecule has 3 nitrogen and oxygen atoms in total. The van der Waals surface area contributed by atoms with E-state index in [1.54, 1.807) is 24.3 Å². The summed E-state index contributed by atoms with van der Waals surface area (Å²) in [6.07, 6.45) is 1.87. The number of hydrogen-bond donors (Lipinski definition) is 1. The molecule has 25 heavy (non-hydrogen) atoms. The highest BCUT2D eigenvalue weighted by atomic mass is 35.5. The van der Waals surface area contributed by atoms with Crippen LogP contribution in [-0.2, 0) is 0 Å². The Morgan fingerprint density at radius 1 is 1.16 bits per heavy atom. The molecule has 0 aliphatic carbocycles. The maximum absolute atomic E-state index is 15.1. The zero-order chi connectivity index (χ0) is 18.2. The molecule has 2 aromatic rings. The van der Waals surface area contributed by atoms with E-state index in [0.717, 1.165) is 6.42 Å². The average Bonchev–Trinajstić information content (AvgIpc) is 2.63. The van der Waals surface area contributed by atoms with E-state index < -0.39 is 5.82 Å². The summed E-state index contributed by atoms with van der Waals surface area (Å²) >= 11 is 6.15. The van der Waals surface area contributed by atoms with Gasteiger partial charge in [0.1, 0.15) is 5.75 Å². The van der Waals surface area contributed by atoms with Gasteiger partial charge in [0.15, 0.2) is 11.6 Å². The monoisotopic (exact) mass is 360 g/mol. The molecule has 5 heteroatoms. The number of rotatable bonds is 8. The molecule has 0 aromatic heterocycles. The molecule has 2 unspecified atom stereocenters. The van der Waals surface area contributed by atoms with Crippen LogP contribution in [0.15, 0.2) is 42.5 Å². The molecule has 0 aliphatic rings. The molecular formula is C20H22ClFN2O. The van der Waals surface area contributed by atoms with Crippen LogP contribution in [0.3, 0.4) is 0 Å². The molecule has 0 bridgehead atoms. The molecule has 0 spiro atoms. The van der Waals surface area contributed by atoms with Crippen LogP contribution in [0.1, 0.15) is 44.7 Å². The Morgan fingerprint density at radius 2 is 1.88 bits per heavy atom. The van der Waals surface area contributed by atoms with Crippen molar-refractivity contribution < 1.29 is 9.13 Å². The Balaban J connectivity index is 2.31. The van der Waals surface area contributed by atoms with Crippen LogP contribution in [0, 0.1) is 17.1 Å². The summed E-state index contributed by atoms with van der Waals surface area (Å²) in [5.74, 6) is 0.0823. The van der Waals surface area contributed by atoms with Crippen molar-refractivity contribution in [2.75, 3.05) is 0 Å². The third kappa shape index (κ3) is 4.94. The fourth-order valence-electron chi connectivity index (χ4n) is 2.66. The van der Waals surface area contributed by atoms with Gasteiger partial charge in [-0.1, -0.05) is 49.7 Å². The number of nitrogens with one attached hydrogen (secondary N) is 1. The zero-order valence-corrected chi connectivity index (χ0v) is 15.2. The Hall–Kier alpha value is -2.09. The second kappa shape index (κ2) is 9.41. The number of benzene rings is 2. The van der Waals surface area contributed by atoms with Crippen molar-refractivity contribution in [1.29, 1.82) is 5.26 Å². The van der Waals surface area contributed by atoms with E-state index in [4.69, 9.17) is 21.6 Å². The first-order valence-electron chi connectivity index (χ1n) is 8.44. The normalized spacial score (nSPS) is 13.1. The average molecular weight is 361 g/mol.